The molecule has 0 unspecified atom stereocenters. The van der Waals surface area contributed by atoms with E-state index in [2.05, 4.69) is 6.92 Å². The van der Waals surface area contributed by atoms with Crippen molar-refractivity contribution in [2.45, 2.75) is 33.1 Å². The monoisotopic (exact) mass is 300 g/mol. The van der Waals surface area contributed by atoms with E-state index >= 15 is 0 Å². The quantitative estimate of drug-likeness (QED) is 0.842. The fraction of sp³-hybridized carbons (Fsp3) is 0.556. The molecule has 0 radical (unpaired) electrons. The SMILES string of the molecule is Cc1cccc(N2C[C@@H](C(=O)N3CCC[C@@H](C)C3)CC2=O)c1. The fourth-order valence-electron chi connectivity index (χ4n) is 3.57. The average molecular weight is 300 g/mol. The second-order valence-corrected chi connectivity index (χ2v) is 6.78. The van der Waals surface area contributed by atoms with Crippen molar-refractivity contribution in [1.82, 2.24) is 4.90 Å². The van der Waals surface area contributed by atoms with E-state index in [0.717, 1.165) is 30.8 Å². The molecule has 22 heavy (non-hydrogen) atoms. The highest BCUT2D eigenvalue weighted by molar-refractivity contribution is 6.00. The molecule has 0 aromatic heterocycles. The Morgan fingerprint density at radius 3 is 2.82 bits per heavy atom. The van der Waals surface area contributed by atoms with Crippen molar-refractivity contribution in [1.29, 1.82) is 0 Å². The minimum atomic E-state index is -0.182. The summed E-state index contributed by atoms with van der Waals surface area (Å²) in [5.74, 6) is 0.616. The molecule has 2 heterocycles. The van der Waals surface area contributed by atoms with E-state index < -0.39 is 0 Å². The van der Waals surface area contributed by atoms with Gasteiger partial charge in [-0.3, -0.25) is 9.59 Å². The molecule has 2 atom stereocenters. The third-order valence-electron chi connectivity index (χ3n) is 4.76. The zero-order valence-electron chi connectivity index (χ0n) is 13.4. The molecule has 4 nitrogen and oxygen atoms in total. The molecular formula is C18H24N2O2. The van der Waals surface area contributed by atoms with Crippen molar-refractivity contribution in [2.75, 3.05) is 24.5 Å². The summed E-state index contributed by atoms with van der Waals surface area (Å²) in [5, 5.41) is 0. The molecular weight excluding hydrogens is 276 g/mol. The number of hydrogen-bond donors (Lipinski definition) is 0. The number of hydrogen-bond acceptors (Lipinski definition) is 2. The third kappa shape index (κ3) is 3.01. The largest absolute Gasteiger partial charge is 0.342 e. The first-order valence-corrected chi connectivity index (χ1v) is 8.20. The number of piperidine rings is 1. The normalized spacial score (nSPS) is 25.6. The first-order valence-electron chi connectivity index (χ1n) is 8.20. The van der Waals surface area contributed by atoms with Gasteiger partial charge in [0.25, 0.3) is 0 Å². The molecule has 2 aliphatic rings. The summed E-state index contributed by atoms with van der Waals surface area (Å²) in [7, 11) is 0. The van der Waals surface area contributed by atoms with Crippen LogP contribution in [0.5, 0.6) is 0 Å². The van der Waals surface area contributed by atoms with Gasteiger partial charge in [0.15, 0.2) is 0 Å². The van der Waals surface area contributed by atoms with Crippen molar-refractivity contribution in [2.24, 2.45) is 11.8 Å². The van der Waals surface area contributed by atoms with Crippen LogP contribution in [0.2, 0.25) is 0 Å². The predicted molar refractivity (Wildman–Crippen MR) is 86.6 cm³/mol. The number of amides is 2. The van der Waals surface area contributed by atoms with Gasteiger partial charge in [-0.15, -0.1) is 0 Å². The second-order valence-electron chi connectivity index (χ2n) is 6.78. The van der Waals surface area contributed by atoms with E-state index in [4.69, 9.17) is 0 Å². The topological polar surface area (TPSA) is 40.6 Å². The number of likely N-dealkylation sites (tertiary alicyclic amines) is 1. The number of nitrogens with zero attached hydrogens (tertiary/aromatic N) is 2. The number of benzene rings is 1. The molecule has 0 saturated carbocycles. The zero-order chi connectivity index (χ0) is 15.7. The molecule has 2 amide bonds. The minimum absolute atomic E-state index is 0.0639. The Labute approximate surface area is 132 Å². The van der Waals surface area contributed by atoms with Crippen molar-refractivity contribution in [3.63, 3.8) is 0 Å². The fourth-order valence-corrected chi connectivity index (χ4v) is 3.57. The van der Waals surface area contributed by atoms with Gasteiger partial charge >= 0.3 is 0 Å². The summed E-state index contributed by atoms with van der Waals surface area (Å²) >= 11 is 0. The standard InChI is InChI=1S/C18H24N2O2/c1-13-5-3-7-16(9-13)20-12-15(10-17(20)21)18(22)19-8-4-6-14(2)11-19/h3,5,7,9,14-15H,4,6,8,10-12H2,1-2H3/t14-,15+/m1/s1. The first-order chi connectivity index (χ1) is 10.5. The Bertz CT molecular complexity index is 584. The molecule has 1 aromatic carbocycles. The van der Waals surface area contributed by atoms with Crippen LogP contribution in [0.4, 0.5) is 5.69 Å². The lowest BCUT2D eigenvalue weighted by Crippen LogP contribution is -2.43. The van der Waals surface area contributed by atoms with Crippen LogP contribution in [-0.2, 0) is 9.59 Å². The van der Waals surface area contributed by atoms with Gasteiger partial charge in [-0.2, -0.15) is 0 Å². The first kappa shape index (κ1) is 15.1. The number of aryl methyl sites for hydroxylation is 1. The number of carbonyl (C=O) groups excluding carboxylic acids is 2. The van der Waals surface area contributed by atoms with E-state index in [0.29, 0.717) is 18.9 Å². The van der Waals surface area contributed by atoms with Crippen LogP contribution in [0.1, 0.15) is 31.7 Å². The van der Waals surface area contributed by atoms with Gasteiger partial charge in [0.2, 0.25) is 11.8 Å². The Morgan fingerprint density at radius 1 is 1.27 bits per heavy atom. The lowest BCUT2D eigenvalue weighted by atomic mass is 9.98. The van der Waals surface area contributed by atoms with E-state index in [1.54, 1.807) is 4.90 Å². The Balaban J connectivity index is 1.70. The van der Waals surface area contributed by atoms with E-state index in [1.165, 1.54) is 6.42 Å². The molecule has 4 heteroatoms. The van der Waals surface area contributed by atoms with Gasteiger partial charge in [0.05, 0.1) is 5.92 Å². The third-order valence-corrected chi connectivity index (χ3v) is 4.76. The van der Waals surface area contributed by atoms with E-state index in [9.17, 15) is 9.59 Å². The van der Waals surface area contributed by atoms with Crippen molar-refractivity contribution < 1.29 is 9.59 Å². The number of carbonyl (C=O) groups is 2. The van der Waals surface area contributed by atoms with Crippen LogP contribution >= 0.6 is 0 Å². The van der Waals surface area contributed by atoms with Crippen molar-refractivity contribution in [3.05, 3.63) is 29.8 Å². The summed E-state index contributed by atoms with van der Waals surface area (Å²) in [6.45, 7) is 6.42. The molecule has 118 valence electrons. The molecule has 0 spiro atoms. The van der Waals surface area contributed by atoms with Crippen LogP contribution in [0, 0.1) is 18.8 Å². The van der Waals surface area contributed by atoms with Gasteiger partial charge in [0.1, 0.15) is 0 Å². The summed E-state index contributed by atoms with van der Waals surface area (Å²) in [5.41, 5.74) is 2.04. The van der Waals surface area contributed by atoms with Crippen LogP contribution < -0.4 is 4.90 Å². The minimum Gasteiger partial charge on any atom is -0.342 e. The summed E-state index contributed by atoms with van der Waals surface area (Å²) in [6.07, 6.45) is 2.62. The molecule has 3 rings (SSSR count). The van der Waals surface area contributed by atoms with Gasteiger partial charge in [-0.25, -0.2) is 0 Å². The molecule has 0 bridgehead atoms. The summed E-state index contributed by atoms with van der Waals surface area (Å²) in [6, 6.07) is 7.93. The van der Waals surface area contributed by atoms with Crippen LogP contribution in [0.25, 0.3) is 0 Å². The van der Waals surface area contributed by atoms with Gasteiger partial charge in [-0.05, 0) is 43.4 Å². The highest BCUT2D eigenvalue weighted by atomic mass is 16.2. The summed E-state index contributed by atoms with van der Waals surface area (Å²) < 4.78 is 0. The molecule has 1 aromatic rings. The lowest BCUT2D eigenvalue weighted by molar-refractivity contribution is -0.137. The predicted octanol–water partition coefficient (Wildman–Crippen LogP) is 2.61. The summed E-state index contributed by atoms with van der Waals surface area (Å²) in [4.78, 5) is 28.7. The maximum absolute atomic E-state index is 12.7. The molecule has 2 saturated heterocycles. The van der Waals surface area contributed by atoms with Gasteiger partial charge in [-0.1, -0.05) is 19.1 Å². The van der Waals surface area contributed by atoms with Crippen LogP contribution in [0.3, 0.4) is 0 Å². The van der Waals surface area contributed by atoms with E-state index in [1.807, 2.05) is 36.1 Å². The smallest absolute Gasteiger partial charge is 0.228 e. The van der Waals surface area contributed by atoms with Crippen LogP contribution in [0.15, 0.2) is 24.3 Å². The average Bonchev–Trinajstić information content (AvgIpc) is 2.88. The van der Waals surface area contributed by atoms with Crippen LogP contribution in [-0.4, -0.2) is 36.3 Å². The Morgan fingerprint density at radius 2 is 2.09 bits per heavy atom. The number of rotatable bonds is 2. The molecule has 2 fully saturated rings. The Hall–Kier alpha value is -1.84. The Kier molecular flexibility index (Phi) is 4.19. The van der Waals surface area contributed by atoms with Gasteiger partial charge < -0.3 is 9.80 Å². The highest BCUT2D eigenvalue weighted by Crippen LogP contribution is 2.28. The van der Waals surface area contributed by atoms with E-state index in [-0.39, 0.29) is 17.7 Å². The second kappa shape index (κ2) is 6.11. The maximum atomic E-state index is 12.7. The van der Waals surface area contributed by atoms with Crippen molar-refractivity contribution >= 4 is 17.5 Å². The maximum Gasteiger partial charge on any atom is 0.228 e. The lowest BCUT2D eigenvalue weighted by Gasteiger charge is -2.32. The van der Waals surface area contributed by atoms with Crippen molar-refractivity contribution in [3.8, 4) is 0 Å². The number of anilines is 1. The molecule has 0 N–H and O–H groups in total. The molecule has 0 aliphatic carbocycles. The highest BCUT2D eigenvalue weighted by Gasteiger charge is 2.37. The zero-order valence-corrected chi connectivity index (χ0v) is 13.4. The van der Waals surface area contributed by atoms with Gasteiger partial charge in [0, 0.05) is 31.7 Å². The molecule has 2 aliphatic heterocycles.